The number of nitrogens with zero attached hydrogens (tertiary/aromatic N) is 1. The number of hydrogen-bond acceptors (Lipinski definition) is 4. The molecule has 0 unspecified atom stereocenters. The van der Waals surface area contributed by atoms with E-state index in [0.717, 1.165) is 38.7 Å². The molecule has 0 radical (unpaired) electrons. The van der Waals surface area contributed by atoms with Crippen LogP contribution in [0.2, 0.25) is 0 Å². The first-order valence-corrected chi connectivity index (χ1v) is 8.82. The molecule has 0 heterocycles. The second-order valence-corrected chi connectivity index (χ2v) is 6.10. The van der Waals surface area contributed by atoms with Gasteiger partial charge in [-0.25, -0.2) is 0 Å². The van der Waals surface area contributed by atoms with Crippen LogP contribution in [0.4, 0.5) is 0 Å². The van der Waals surface area contributed by atoms with Gasteiger partial charge >= 0.3 is 5.97 Å². The smallest absolute Gasteiger partial charge is 0.307 e. The molecule has 0 aromatic carbocycles. The summed E-state index contributed by atoms with van der Waals surface area (Å²) >= 11 is 0. The van der Waals surface area contributed by atoms with Crippen LogP contribution in [0.25, 0.3) is 0 Å². The molecule has 23 heavy (non-hydrogen) atoms. The first-order chi connectivity index (χ1) is 11.2. The van der Waals surface area contributed by atoms with Crippen LogP contribution in [0.3, 0.4) is 0 Å². The van der Waals surface area contributed by atoms with Gasteiger partial charge in [0.25, 0.3) is 0 Å². The molecule has 1 aliphatic carbocycles. The third-order valence-corrected chi connectivity index (χ3v) is 4.41. The number of methoxy groups -OCH3 is 1. The highest BCUT2D eigenvalue weighted by Gasteiger charge is 2.33. The highest BCUT2D eigenvalue weighted by Crippen LogP contribution is 2.41. The predicted octanol–water partition coefficient (Wildman–Crippen LogP) is 2.09. The maximum absolute atomic E-state index is 11.2. The van der Waals surface area contributed by atoms with E-state index in [4.69, 9.17) is 9.73 Å². The van der Waals surface area contributed by atoms with Crippen molar-refractivity contribution in [2.24, 2.45) is 10.4 Å². The minimum absolute atomic E-state index is 0.211. The minimum atomic E-state index is -0.211. The lowest BCUT2D eigenvalue weighted by molar-refractivity contribution is -0.140. The summed E-state index contributed by atoms with van der Waals surface area (Å²) in [5.74, 6) is 0.566. The highest BCUT2D eigenvalue weighted by molar-refractivity contribution is 5.80. The molecule has 1 saturated carbocycles. The SMILES string of the molecule is CCNC(=NCC1(CCOCC)CCCC1)NCCC(=O)OC. The maximum atomic E-state index is 11.2. The number of carbonyl (C=O) groups is 1. The van der Waals surface area contributed by atoms with Crippen LogP contribution in [0.15, 0.2) is 4.99 Å². The molecule has 1 rings (SSSR count). The van der Waals surface area contributed by atoms with Crippen molar-refractivity contribution in [3.63, 3.8) is 0 Å². The molecular formula is C17H33N3O3. The standard InChI is InChI=1S/C17H33N3O3/c1-4-18-16(19-12-8-15(21)22-3)20-14-17(9-6-7-10-17)11-13-23-5-2/h4-14H2,1-3H3,(H2,18,19,20). The monoisotopic (exact) mass is 327 g/mol. The van der Waals surface area contributed by atoms with Crippen LogP contribution in [0.1, 0.15) is 52.4 Å². The van der Waals surface area contributed by atoms with E-state index in [1.54, 1.807) is 0 Å². The van der Waals surface area contributed by atoms with Crippen molar-refractivity contribution in [2.45, 2.75) is 52.4 Å². The number of carbonyl (C=O) groups excluding carboxylic acids is 1. The maximum Gasteiger partial charge on any atom is 0.307 e. The van der Waals surface area contributed by atoms with Gasteiger partial charge in [-0.3, -0.25) is 9.79 Å². The minimum Gasteiger partial charge on any atom is -0.469 e. The third kappa shape index (κ3) is 7.68. The van der Waals surface area contributed by atoms with Crippen molar-refractivity contribution in [3.8, 4) is 0 Å². The van der Waals surface area contributed by atoms with Crippen molar-refractivity contribution in [1.82, 2.24) is 10.6 Å². The van der Waals surface area contributed by atoms with Gasteiger partial charge in [0, 0.05) is 32.8 Å². The number of ether oxygens (including phenoxy) is 2. The lowest BCUT2D eigenvalue weighted by Gasteiger charge is -2.27. The molecule has 0 aliphatic heterocycles. The van der Waals surface area contributed by atoms with E-state index in [2.05, 4.69) is 15.4 Å². The first kappa shape index (κ1) is 19.7. The van der Waals surface area contributed by atoms with Crippen molar-refractivity contribution in [1.29, 1.82) is 0 Å². The zero-order valence-electron chi connectivity index (χ0n) is 15.0. The topological polar surface area (TPSA) is 72.0 Å². The van der Waals surface area contributed by atoms with Crippen LogP contribution < -0.4 is 10.6 Å². The number of hydrogen-bond donors (Lipinski definition) is 2. The molecule has 2 N–H and O–H groups in total. The molecule has 0 amide bonds. The van der Waals surface area contributed by atoms with Gasteiger partial charge in [0.2, 0.25) is 0 Å². The fourth-order valence-corrected chi connectivity index (χ4v) is 3.02. The lowest BCUT2D eigenvalue weighted by Crippen LogP contribution is -2.39. The number of rotatable bonds is 10. The van der Waals surface area contributed by atoms with Crippen LogP contribution >= 0.6 is 0 Å². The molecule has 134 valence electrons. The van der Waals surface area contributed by atoms with Gasteiger partial charge in [0.15, 0.2) is 5.96 Å². The Kier molecular flexibility index (Phi) is 9.67. The Bertz CT molecular complexity index is 366. The van der Waals surface area contributed by atoms with Gasteiger partial charge in [0.1, 0.15) is 0 Å². The van der Waals surface area contributed by atoms with Crippen molar-refractivity contribution < 1.29 is 14.3 Å². The molecule has 1 fully saturated rings. The van der Waals surface area contributed by atoms with Crippen LogP contribution in [0.5, 0.6) is 0 Å². The molecule has 0 atom stereocenters. The summed E-state index contributed by atoms with van der Waals surface area (Å²) in [7, 11) is 1.41. The van der Waals surface area contributed by atoms with E-state index < -0.39 is 0 Å². The number of esters is 1. The summed E-state index contributed by atoms with van der Waals surface area (Å²) < 4.78 is 10.2. The quantitative estimate of drug-likeness (QED) is 0.278. The number of aliphatic imine (C=N–C) groups is 1. The Hall–Kier alpha value is -1.30. The largest absolute Gasteiger partial charge is 0.469 e. The summed E-state index contributed by atoms with van der Waals surface area (Å²) in [4.78, 5) is 15.9. The van der Waals surface area contributed by atoms with Gasteiger partial charge in [-0.1, -0.05) is 12.8 Å². The second kappa shape index (κ2) is 11.3. The van der Waals surface area contributed by atoms with Gasteiger partial charge in [-0.2, -0.15) is 0 Å². The zero-order valence-corrected chi connectivity index (χ0v) is 15.0. The fraction of sp³-hybridized carbons (Fsp3) is 0.882. The van der Waals surface area contributed by atoms with Crippen LogP contribution in [0, 0.1) is 5.41 Å². The highest BCUT2D eigenvalue weighted by atomic mass is 16.5. The molecule has 0 aromatic heterocycles. The molecule has 0 saturated heterocycles. The Morgan fingerprint density at radius 1 is 1.22 bits per heavy atom. The molecule has 0 spiro atoms. The molecule has 0 aromatic rings. The third-order valence-electron chi connectivity index (χ3n) is 4.41. The number of guanidine groups is 1. The van der Waals surface area contributed by atoms with Crippen LogP contribution in [-0.2, 0) is 14.3 Å². The summed E-state index contributed by atoms with van der Waals surface area (Å²) in [5, 5.41) is 6.44. The zero-order chi connectivity index (χ0) is 17.0. The van der Waals surface area contributed by atoms with Gasteiger partial charge in [0.05, 0.1) is 13.5 Å². The van der Waals surface area contributed by atoms with E-state index in [1.165, 1.54) is 32.8 Å². The Balaban J connectivity index is 2.52. The van der Waals surface area contributed by atoms with Crippen molar-refractivity contribution in [2.75, 3.05) is 40.0 Å². The average molecular weight is 327 g/mol. The van der Waals surface area contributed by atoms with Crippen LogP contribution in [-0.4, -0.2) is 51.9 Å². The van der Waals surface area contributed by atoms with E-state index in [-0.39, 0.29) is 11.4 Å². The molecular weight excluding hydrogens is 294 g/mol. The Morgan fingerprint density at radius 3 is 2.57 bits per heavy atom. The van der Waals surface area contributed by atoms with E-state index in [0.29, 0.717) is 13.0 Å². The van der Waals surface area contributed by atoms with E-state index in [9.17, 15) is 4.79 Å². The Labute approximate surface area is 140 Å². The van der Waals surface area contributed by atoms with Crippen molar-refractivity contribution >= 4 is 11.9 Å². The first-order valence-electron chi connectivity index (χ1n) is 8.82. The molecule has 6 heteroatoms. The normalized spacial score (nSPS) is 17.1. The number of nitrogens with one attached hydrogen (secondary N) is 2. The Morgan fingerprint density at radius 2 is 1.96 bits per heavy atom. The average Bonchev–Trinajstić information content (AvgIpc) is 3.02. The molecule has 0 bridgehead atoms. The van der Waals surface area contributed by atoms with Crippen molar-refractivity contribution in [3.05, 3.63) is 0 Å². The summed E-state index contributed by atoms with van der Waals surface area (Å²) in [5.41, 5.74) is 0.278. The summed E-state index contributed by atoms with van der Waals surface area (Å²) in [6.07, 6.45) is 6.44. The van der Waals surface area contributed by atoms with Gasteiger partial charge in [-0.15, -0.1) is 0 Å². The van der Waals surface area contributed by atoms with E-state index >= 15 is 0 Å². The molecule has 1 aliphatic rings. The fourth-order valence-electron chi connectivity index (χ4n) is 3.02. The lowest BCUT2D eigenvalue weighted by atomic mass is 9.83. The predicted molar refractivity (Wildman–Crippen MR) is 92.6 cm³/mol. The summed E-state index contributed by atoms with van der Waals surface area (Å²) in [6.45, 7) is 7.81. The summed E-state index contributed by atoms with van der Waals surface area (Å²) in [6, 6.07) is 0. The van der Waals surface area contributed by atoms with Gasteiger partial charge < -0.3 is 20.1 Å². The molecule has 6 nitrogen and oxygen atoms in total. The van der Waals surface area contributed by atoms with Gasteiger partial charge in [-0.05, 0) is 38.5 Å². The second-order valence-electron chi connectivity index (χ2n) is 6.10. The van der Waals surface area contributed by atoms with E-state index in [1.807, 2.05) is 13.8 Å².